The lowest BCUT2D eigenvalue weighted by molar-refractivity contribution is -0.126. The molecule has 3 rings (SSSR count). The molecule has 0 unspecified atom stereocenters. The van der Waals surface area contributed by atoms with Gasteiger partial charge in [-0.1, -0.05) is 29.8 Å². The third-order valence-corrected chi connectivity index (χ3v) is 5.25. The van der Waals surface area contributed by atoms with Crippen molar-refractivity contribution in [1.29, 1.82) is 0 Å². The predicted octanol–water partition coefficient (Wildman–Crippen LogP) is 3.46. The topological polar surface area (TPSA) is 47.6 Å². The Morgan fingerprint density at radius 1 is 1.28 bits per heavy atom. The Labute approximate surface area is 152 Å². The van der Waals surface area contributed by atoms with Gasteiger partial charge in [0.25, 0.3) is 0 Å². The van der Waals surface area contributed by atoms with Crippen molar-refractivity contribution in [1.82, 2.24) is 5.32 Å². The zero-order chi connectivity index (χ0) is 17.6. The number of carbonyl (C=O) groups is 1. The Balaban J connectivity index is 1.46. The summed E-state index contributed by atoms with van der Waals surface area (Å²) in [5.74, 6) is 2.25. The Kier molecular flexibility index (Phi) is 5.87. The minimum Gasteiger partial charge on any atom is -0.493 e. The smallest absolute Gasteiger partial charge is 0.226 e. The summed E-state index contributed by atoms with van der Waals surface area (Å²) in [6, 6.07) is 14.2. The van der Waals surface area contributed by atoms with Gasteiger partial charge in [0.05, 0.1) is 13.0 Å². The molecular weight excluding hydrogens is 334 g/mol. The number of hydrogen-bond donors (Lipinski definition) is 1. The summed E-state index contributed by atoms with van der Waals surface area (Å²) >= 11 is 1.75. The first-order valence-electron chi connectivity index (χ1n) is 8.43. The molecule has 1 heterocycles. The summed E-state index contributed by atoms with van der Waals surface area (Å²) in [5.41, 5.74) is 2.28. The lowest BCUT2D eigenvalue weighted by Crippen LogP contribution is -2.38. The Bertz CT molecular complexity index is 730. The van der Waals surface area contributed by atoms with Gasteiger partial charge in [-0.25, -0.2) is 0 Å². The SMILES string of the molecule is COc1cccc2c1OC[C@@H](C(=O)NCCSc1ccc(C)cc1)C2. The molecular formula is C20H23NO3S. The maximum Gasteiger partial charge on any atom is 0.226 e. The highest BCUT2D eigenvalue weighted by Gasteiger charge is 2.27. The molecule has 4 nitrogen and oxygen atoms in total. The van der Waals surface area contributed by atoms with Crippen molar-refractivity contribution < 1.29 is 14.3 Å². The molecule has 1 N–H and O–H groups in total. The summed E-state index contributed by atoms with van der Waals surface area (Å²) in [7, 11) is 1.63. The van der Waals surface area contributed by atoms with Crippen LogP contribution in [0.3, 0.4) is 0 Å². The first-order chi connectivity index (χ1) is 12.2. The van der Waals surface area contributed by atoms with Gasteiger partial charge in [0.1, 0.15) is 6.61 Å². The largest absolute Gasteiger partial charge is 0.493 e. The van der Waals surface area contributed by atoms with Gasteiger partial charge < -0.3 is 14.8 Å². The number of fused-ring (bicyclic) bond motifs is 1. The number of thioether (sulfide) groups is 1. The van der Waals surface area contributed by atoms with Crippen molar-refractivity contribution in [2.75, 3.05) is 26.0 Å². The van der Waals surface area contributed by atoms with Crippen molar-refractivity contribution in [3.8, 4) is 11.5 Å². The van der Waals surface area contributed by atoms with Crippen LogP contribution in [0.2, 0.25) is 0 Å². The van der Waals surface area contributed by atoms with Crippen LogP contribution in [0.25, 0.3) is 0 Å². The van der Waals surface area contributed by atoms with Crippen molar-refractivity contribution in [2.24, 2.45) is 5.92 Å². The van der Waals surface area contributed by atoms with Crippen molar-refractivity contribution in [3.05, 3.63) is 53.6 Å². The van der Waals surface area contributed by atoms with E-state index in [4.69, 9.17) is 9.47 Å². The van der Waals surface area contributed by atoms with Gasteiger partial charge in [-0.15, -0.1) is 11.8 Å². The summed E-state index contributed by atoms with van der Waals surface area (Å²) in [4.78, 5) is 13.6. The van der Waals surface area contributed by atoms with E-state index < -0.39 is 0 Å². The van der Waals surface area contributed by atoms with Gasteiger partial charge in [0, 0.05) is 17.2 Å². The quantitative estimate of drug-likeness (QED) is 0.635. The minimum atomic E-state index is -0.149. The molecule has 0 fully saturated rings. The third-order valence-electron chi connectivity index (χ3n) is 4.24. The van der Waals surface area contributed by atoms with Crippen molar-refractivity contribution >= 4 is 17.7 Å². The minimum absolute atomic E-state index is 0.0537. The molecule has 0 aliphatic carbocycles. The molecule has 2 aromatic carbocycles. The van der Waals surface area contributed by atoms with Crippen LogP contribution in [0, 0.1) is 12.8 Å². The molecule has 0 bridgehead atoms. The summed E-state index contributed by atoms with van der Waals surface area (Å²) in [6.07, 6.45) is 0.684. The Hall–Kier alpha value is -2.14. The van der Waals surface area contributed by atoms with E-state index in [0.29, 0.717) is 19.6 Å². The summed E-state index contributed by atoms with van der Waals surface area (Å²) in [5, 5.41) is 3.02. The van der Waals surface area contributed by atoms with E-state index in [-0.39, 0.29) is 11.8 Å². The first kappa shape index (κ1) is 17.7. The Morgan fingerprint density at radius 3 is 2.84 bits per heavy atom. The monoisotopic (exact) mass is 357 g/mol. The number of amides is 1. The van der Waals surface area contributed by atoms with Gasteiger partial charge in [0.2, 0.25) is 5.91 Å². The van der Waals surface area contributed by atoms with E-state index in [2.05, 4.69) is 36.5 Å². The number of methoxy groups -OCH3 is 1. The van der Waals surface area contributed by atoms with Gasteiger partial charge in [0.15, 0.2) is 11.5 Å². The average molecular weight is 357 g/mol. The molecule has 1 atom stereocenters. The van der Waals surface area contributed by atoms with Crippen LogP contribution in [0.15, 0.2) is 47.4 Å². The fourth-order valence-corrected chi connectivity index (χ4v) is 3.61. The van der Waals surface area contributed by atoms with E-state index >= 15 is 0 Å². The zero-order valence-electron chi connectivity index (χ0n) is 14.6. The normalized spacial score (nSPS) is 15.8. The van der Waals surface area contributed by atoms with E-state index in [1.54, 1.807) is 18.9 Å². The standard InChI is InChI=1S/C20H23NO3S/c1-14-6-8-17(9-7-14)25-11-10-21-20(22)16-12-15-4-3-5-18(23-2)19(15)24-13-16/h3-9,16H,10-13H2,1-2H3,(H,21,22)/t16-/m0/s1. The van der Waals surface area contributed by atoms with Crippen LogP contribution >= 0.6 is 11.8 Å². The van der Waals surface area contributed by atoms with Crippen LogP contribution in [0.5, 0.6) is 11.5 Å². The zero-order valence-corrected chi connectivity index (χ0v) is 15.4. The number of aryl methyl sites for hydroxylation is 1. The molecule has 1 amide bonds. The number of carbonyl (C=O) groups excluding carboxylic acids is 1. The van der Waals surface area contributed by atoms with Crippen LogP contribution < -0.4 is 14.8 Å². The summed E-state index contributed by atoms with van der Waals surface area (Å²) < 4.78 is 11.1. The number of nitrogens with one attached hydrogen (secondary N) is 1. The fourth-order valence-electron chi connectivity index (χ4n) is 2.85. The average Bonchev–Trinajstić information content (AvgIpc) is 2.65. The second-order valence-corrected chi connectivity index (χ2v) is 7.28. The van der Waals surface area contributed by atoms with E-state index in [0.717, 1.165) is 22.8 Å². The predicted molar refractivity (Wildman–Crippen MR) is 101 cm³/mol. The fraction of sp³-hybridized carbons (Fsp3) is 0.350. The highest BCUT2D eigenvalue weighted by atomic mass is 32.2. The molecule has 0 spiro atoms. The molecule has 0 saturated heterocycles. The van der Waals surface area contributed by atoms with E-state index in [1.807, 2.05) is 18.2 Å². The van der Waals surface area contributed by atoms with Gasteiger partial charge in [-0.3, -0.25) is 4.79 Å². The number of hydrogen-bond acceptors (Lipinski definition) is 4. The molecule has 0 saturated carbocycles. The van der Waals surface area contributed by atoms with Crippen molar-refractivity contribution in [2.45, 2.75) is 18.2 Å². The molecule has 25 heavy (non-hydrogen) atoms. The molecule has 132 valence electrons. The maximum atomic E-state index is 12.4. The van der Waals surface area contributed by atoms with Crippen LogP contribution in [-0.2, 0) is 11.2 Å². The van der Waals surface area contributed by atoms with Gasteiger partial charge >= 0.3 is 0 Å². The number of benzene rings is 2. The van der Waals surface area contributed by atoms with Crippen molar-refractivity contribution in [3.63, 3.8) is 0 Å². The van der Waals surface area contributed by atoms with Gasteiger partial charge in [-0.2, -0.15) is 0 Å². The summed E-state index contributed by atoms with van der Waals surface area (Å²) in [6.45, 7) is 3.12. The second-order valence-electron chi connectivity index (χ2n) is 6.11. The van der Waals surface area contributed by atoms with Crippen LogP contribution in [-0.4, -0.2) is 31.9 Å². The van der Waals surface area contributed by atoms with E-state index in [9.17, 15) is 4.79 Å². The highest BCUT2D eigenvalue weighted by molar-refractivity contribution is 7.99. The second kappa shape index (κ2) is 8.30. The number of para-hydroxylation sites is 1. The molecule has 1 aliphatic rings. The van der Waals surface area contributed by atoms with Crippen LogP contribution in [0.1, 0.15) is 11.1 Å². The molecule has 1 aliphatic heterocycles. The molecule has 5 heteroatoms. The molecule has 0 radical (unpaired) electrons. The lowest BCUT2D eigenvalue weighted by atomic mass is 9.95. The maximum absolute atomic E-state index is 12.4. The highest BCUT2D eigenvalue weighted by Crippen LogP contribution is 2.36. The molecule has 0 aromatic heterocycles. The number of ether oxygens (including phenoxy) is 2. The first-order valence-corrected chi connectivity index (χ1v) is 9.42. The van der Waals surface area contributed by atoms with E-state index in [1.165, 1.54) is 10.5 Å². The van der Waals surface area contributed by atoms with Gasteiger partial charge in [-0.05, 0) is 37.1 Å². The molecule has 2 aromatic rings. The van der Waals surface area contributed by atoms with Crippen LogP contribution in [0.4, 0.5) is 0 Å². The number of rotatable bonds is 6. The lowest BCUT2D eigenvalue weighted by Gasteiger charge is -2.25. The third kappa shape index (κ3) is 4.48. The Morgan fingerprint density at radius 2 is 2.08 bits per heavy atom.